The summed E-state index contributed by atoms with van der Waals surface area (Å²) in [6.07, 6.45) is 2.98. The van der Waals surface area contributed by atoms with Crippen LogP contribution in [0, 0.1) is 5.92 Å². The van der Waals surface area contributed by atoms with Crippen LogP contribution < -0.4 is 5.32 Å². The monoisotopic (exact) mass is 310 g/mol. The maximum absolute atomic E-state index is 11.2. The fraction of sp³-hybridized carbons (Fsp3) is 0.429. The molecule has 122 valence electrons. The fourth-order valence-corrected chi connectivity index (χ4v) is 4.19. The van der Waals surface area contributed by atoms with Crippen LogP contribution in [0.4, 0.5) is 0 Å². The van der Waals surface area contributed by atoms with Gasteiger partial charge in [-0.2, -0.15) is 0 Å². The van der Waals surface area contributed by atoms with Gasteiger partial charge >= 0.3 is 0 Å². The lowest BCUT2D eigenvalue weighted by Gasteiger charge is -2.44. The minimum atomic E-state index is -0.633. The molecule has 2 nitrogen and oxygen atoms in total. The predicted molar refractivity (Wildman–Crippen MR) is 93.9 cm³/mol. The third kappa shape index (κ3) is 3.49. The molecule has 0 unspecified atom stereocenters. The van der Waals surface area contributed by atoms with Crippen molar-refractivity contribution in [3.8, 4) is 0 Å². The van der Waals surface area contributed by atoms with Crippen molar-refractivity contribution in [1.82, 2.24) is 0 Å². The quantitative estimate of drug-likeness (QED) is 0.889. The van der Waals surface area contributed by atoms with Gasteiger partial charge in [-0.1, -0.05) is 74.0 Å². The van der Waals surface area contributed by atoms with Crippen LogP contribution >= 0.6 is 0 Å². The van der Waals surface area contributed by atoms with Crippen LogP contribution in [0.25, 0.3) is 0 Å². The van der Waals surface area contributed by atoms with Crippen molar-refractivity contribution < 1.29 is 10.4 Å². The number of nitrogens with two attached hydrogens (primary N) is 1. The van der Waals surface area contributed by atoms with Gasteiger partial charge in [0.05, 0.1) is 5.60 Å². The van der Waals surface area contributed by atoms with Crippen LogP contribution in [0.2, 0.25) is 0 Å². The molecular formula is C21H28NO+. The van der Waals surface area contributed by atoms with Crippen molar-refractivity contribution in [2.45, 2.75) is 50.8 Å². The Labute approximate surface area is 139 Å². The molecule has 0 saturated carbocycles. The second-order valence-electron chi connectivity index (χ2n) is 7.10. The zero-order valence-corrected chi connectivity index (χ0v) is 14.2. The number of piperidine rings is 1. The summed E-state index contributed by atoms with van der Waals surface area (Å²) in [5.74, 6) is 0.287. The number of hydrogen-bond donors (Lipinski definition) is 2. The highest BCUT2D eigenvalue weighted by molar-refractivity contribution is 5.22. The summed E-state index contributed by atoms with van der Waals surface area (Å²) in [7, 11) is 0. The summed E-state index contributed by atoms with van der Waals surface area (Å²) in [6, 6.07) is 21.9. The Bertz CT molecular complexity index is 608. The maximum Gasteiger partial charge on any atom is 0.118 e. The number of aliphatic hydroxyl groups is 1. The first-order valence-electron chi connectivity index (χ1n) is 8.79. The van der Waals surface area contributed by atoms with Crippen molar-refractivity contribution >= 4 is 0 Å². The molecule has 2 aromatic rings. The average Bonchev–Trinajstić information content (AvgIpc) is 2.58. The molecule has 0 aliphatic carbocycles. The second-order valence-corrected chi connectivity index (χ2v) is 7.10. The molecule has 0 aromatic heterocycles. The normalized spacial score (nSPS) is 31.0. The van der Waals surface area contributed by atoms with Crippen LogP contribution in [-0.2, 0) is 0 Å². The minimum absolute atomic E-state index is 0.287. The van der Waals surface area contributed by atoms with Gasteiger partial charge in [0, 0.05) is 23.5 Å². The average molecular weight is 310 g/mol. The van der Waals surface area contributed by atoms with Gasteiger partial charge in [-0.15, -0.1) is 0 Å². The van der Waals surface area contributed by atoms with E-state index < -0.39 is 5.60 Å². The van der Waals surface area contributed by atoms with E-state index in [1.54, 1.807) is 0 Å². The first kappa shape index (κ1) is 16.2. The summed E-state index contributed by atoms with van der Waals surface area (Å²) < 4.78 is 0. The first-order valence-corrected chi connectivity index (χ1v) is 8.79. The molecule has 1 aliphatic rings. The summed E-state index contributed by atoms with van der Waals surface area (Å²) >= 11 is 0. The Morgan fingerprint density at radius 3 is 2.13 bits per heavy atom. The molecule has 3 N–H and O–H groups in total. The van der Waals surface area contributed by atoms with Gasteiger partial charge in [0.1, 0.15) is 12.1 Å². The van der Waals surface area contributed by atoms with Crippen molar-refractivity contribution in [1.29, 1.82) is 0 Å². The molecule has 2 heteroatoms. The molecule has 1 saturated heterocycles. The third-order valence-electron chi connectivity index (χ3n) is 5.32. The van der Waals surface area contributed by atoms with Gasteiger partial charge in [0.2, 0.25) is 0 Å². The molecule has 1 fully saturated rings. The van der Waals surface area contributed by atoms with E-state index in [0.717, 1.165) is 19.3 Å². The molecule has 0 radical (unpaired) electrons. The minimum Gasteiger partial charge on any atom is -0.389 e. The molecule has 2 aromatic carbocycles. The van der Waals surface area contributed by atoms with Crippen LogP contribution in [0.5, 0.6) is 0 Å². The topological polar surface area (TPSA) is 36.8 Å². The number of hydrogen-bond acceptors (Lipinski definition) is 1. The van der Waals surface area contributed by atoms with E-state index in [1.165, 1.54) is 11.1 Å². The van der Waals surface area contributed by atoms with E-state index in [2.05, 4.69) is 72.9 Å². The van der Waals surface area contributed by atoms with E-state index in [1.807, 2.05) is 6.92 Å². The van der Waals surface area contributed by atoms with Gasteiger partial charge in [-0.25, -0.2) is 0 Å². The van der Waals surface area contributed by atoms with Gasteiger partial charge in [0.25, 0.3) is 0 Å². The molecule has 0 bridgehead atoms. The molecule has 1 heterocycles. The van der Waals surface area contributed by atoms with E-state index in [-0.39, 0.29) is 5.92 Å². The van der Waals surface area contributed by atoms with E-state index in [9.17, 15) is 5.11 Å². The van der Waals surface area contributed by atoms with Crippen LogP contribution in [0.15, 0.2) is 60.7 Å². The van der Waals surface area contributed by atoms with Crippen molar-refractivity contribution in [3.05, 3.63) is 71.8 Å². The van der Waals surface area contributed by atoms with Crippen molar-refractivity contribution in [2.24, 2.45) is 5.92 Å². The summed E-state index contributed by atoms with van der Waals surface area (Å²) in [5.41, 5.74) is 2.00. The SMILES string of the molecule is CCC[C@@H]1[C@H](c2ccccc2)[NH2+][C@H](c2ccccc2)C[C@@]1(C)O. The molecular weight excluding hydrogens is 282 g/mol. The highest BCUT2D eigenvalue weighted by Gasteiger charge is 2.47. The lowest BCUT2D eigenvalue weighted by atomic mass is 9.70. The summed E-state index contributed by atoms with van der Waals surface area (Å²) in [4.78, 5) is 0. The summed E-state index contributed by atoms with van der Waals surface area (Å²) in [5, 5.41) is 13.7. The third-order valence-corrected chi connectivity index (χ3v) is 5.32. The Morgan fingerprint density at radius 2 is 1.57 bits per heavy atom. The zero-order chi connectivity index (χ0) is 16.3. The van der Waals surface area contributed by atoms with Gasteiger partial charge < -0.3 is 10.4 Å². The largest absolute Gasteiger partial charge is 0.389 e. The molecule has 0 spiro atoms. The molecule has 3 rings (SSSR count). The van der Waals surface area contributed by atoms with Gasteiger partial charge in [-0.3, -0.25) is 0 Å². The molecule has 23 heavy (non-hydrogen) atoms. The van der Waals surface area contributed by atoms with Gasteiger partial charge in [-0.05, 0) is 13.3 Å². The zero-order valence-electron chi connectivity index (χ0n) is 14.2. The maximum atomic E-state index is 11.2. The Morgan fingerprint density at radius 1 is 1.00 bits per heavy atom. The number of quaternary nitrogens is 1. The van der Waals surface area contributed by atoms with E-state index >= 15 is 0 Å². The Balaban J connectivity index is 1.95. The van der Waals surface area contributed by atoms with Gasteiger partial charge in [0.15, 0.2) is 0 Å². The highest BCUT2D eigenvalue weighted by Crippen LogP contribution is 2.40. The van der Waals surface area contributed by atoms with E-state index in [0.29, 0.717) is 12.1 Å². The van der Waals surface area contributed by atoms with Crippen LogP contribution in [-0.4, -0.2) is 10.7 Å². The Hall–Kier alpha value is -1.64. The molecule has 4 atom stereocenters. The molecule has 1 aliphatic heterocycles. The highest BCUT2D eigenvalue weighted by atomic mass is 16.3. The van der Waals surface area contributed by atoms with Crippen molar-refractivity contribution in [3.63, 3.8) is 0 Å². The lowest BCUT2D eigenvalue weighted by Crippen LogP contribution is -2.91. The lowest BCUT2D eigenvalue weighted by molar-refractivity contribution is -0.756. The summed E-state index contributed by atoms with van der Waals surface area (Å²) in [6.45, 7) is 4.24. The second kappa shape index (κ2) is 6.86. The predicted octanol–water partition coefficient (Wildman–Crippen LogP) is 3.60. The van der Waals surface area contributed by atoms with E-state index in [4.69, 9.17) is 0 Å². The van der Waals surface area contributed by atoms with Crippen LogP contribution in [0.1, 0.15) is 56.3 Å². The standard InChI is InChI=1S/C21H27NO/c1-3-10-18-20(17-13-8-5-9-14-17)22-19(15-21(18,2)23)16-11-6-4-7-12-16/h4-9,11-14,18-20,22-23H,3,10,15H2,1-2H3/p+1/t18-,19+,20+,21-/m1/s1. The Kier molecular flexibility index (Phi) is 4.84. The number of rotatable bonds is 4. The smallest absolute Gasteiger partial charge is 0.118 e. The van der Waals surface area contributed by atoms with Crippen molar-refractivity contribution in [2.75, 3.05) is 0 Å². The number of benzene rings is 2. The van der Waals surface area contributed by atoms with Crippen LogP contribution in [0.3, 0.4) is 0 Å². The molecule has 0 amide bonds. The fourth-order valence-electron chi connectivity index (χ4n) is 4.19. The first-order chi connectivity index (χ1) is 11.1.